The van der Waals surface area contributed by atoms with Crippen LogP contribution in [0.3, 0.4) is 0 Å². The van der Waals surface area contributed by atoms with E-state index in [0.29, 0.717) is 17.7 Å². The largest absolute Gasteiger partial charge is 0.332 e. The zero-order chi connectivity index (χ0) is 19.1. The van der Waals surface area contributed by atoms with E-state index in [4.69, 9.17) is 0 Å². The van der Waals surface area contributed by atoms with Crippen molar-refractivity contribution in [3.05, 3.63) is 95.6 Å². The lowest BCUT2D eigenvalue weighted by molar-refractivity contribution is -0.132. The maximum absolute atomic E-state index is 12.9. The third-order valence-electron chi connectivity index (χ3n) is 6.86. The summed E-state index contributed by atoms with van der Waals surface area (Å²) in [5.41, 5.74) is 4.03. The first-order valence-corrected chi connectivity index (χ1v) is 10.5. The third-order valence-corrected chi connectivity index (χ3v) is 6.86. The van der Waals surface area contributed by atoms with Crippen LogP contribution in [0.15, 0.2) is 78.9 Å². The van der Waals surface area contributed by atoms with E-state index < -0.39 is 0 Å². The summed E-state index contributed by atoms with van der Waals surface area (Å²) in [6, 6.07) is 19.6. The highest BCUT2D eigenvalue weighted by Crippen LogP contribution is 2.62. The Hall–Kier alpha value is -2.61. The molecule has 3 unspecified atom stereocenters. The maximum atomic E-state index is 12.9. The zero-order valence-corrected chi connectivity index (χ0v) is 16.4. The number of carbonyl (C=O) groups excluding carboxylic acids is 1. The molecule has 1 spiro atoms. The molecule has 1 aliphatic heterocycles. The first-order chi connectivity index (χ1) is 13.7. The molecular formula is C26H27NO. The molecule has 0 aromatic heterocycles. The van der Waals surface area contributed by atoms with Crippen LogP contribution in [0.2, 0.25) is 0 Å². The van der Waals surface area contributed by atoms with Crippen LogP contribution in [0.4, 0.5) is 0 Å². The van der Waals surface area contributed by atoms with Gasteiger partial charge in [-0.25, -0.2) is 0 Å². The maximum Gasteiger partial charge on any atom is 0.226 e. The van der Waals surface area contributed by atoms with Gasteiger partial charge in [0.1, 0.15) is 0 Å². The van der Waals surface area contributed by atoms with Crippen LogP contribution in [0.1, 0.15) is 54.7 Å². The summed E-state index contributed by atoms with van der Waals surface area (Å²) < 4.78 is 0. The second-order valence-electron chi connectivity index (χ2n) is 8.70. The molecule has 2 heteroatoms. The average molecular weight is 370 g/mol. The molecule has 0 bridgehead atoms. The second kappa shape index (κ2) is 6.77. The average Bonchev–Trinajstić information content (AvgIpc) is 3.42. The van der Waals surface area contributed by atoms with Crippen molar-refractivity contribution in [2.75, 3.05) is 0 Å². The molecule has 1 saturated heterocycles. The van der Waals surface area contributed by atoms with Crippen LogP contribution in [-0.4, -0.2) is 16.3 Å². The van der Waals surface area contributed by atoms with Gasteiger partial charge in [0.05, 0.1) is 5.54 Å². The predicted molar refractivity (Wildman–Crippen MR) is 113 cm³/mol. The highest BCUT2D eigenvalue weighted by molar-refractivity contribution is 5.83. The van der Waals surface area contributed by atoms with Gasteiger partial charge in [0.15, 0.2) is 0 Å². The molecule has 2 aromatic carbocycles. The topological polar surface area (TPSA) is 20.3 Å². The third kappa shape index (κ3) is 2.92. The summed E-state index contributed by atoms with van der Waals surface area (Å²) >= 11 is 0. The van der Waals surface area contributed by atoms with E-state index in [1.54, 1.807) is 0 Å². The molecule has 28 heavy (non-hydrogen) atoms. The van der Waals surface area contributed by atoms with Gasteiger partial charge in [-0.15, -0.1) is 0 Å². The number of allylic oxidation sites excluding steroid dienone is 4. The van der Waals surface area contributed by atoms with Gasteiger partial charge >= 0.3 is 0 Å². The van der Waals surface area contributed by atoms with Crippen molar-refractivity contribution < 1.29 is 4.79 Å². The van der Waals surface area contributed by atoms with Crippen LogP contribution in [0.25, 0.3) is 0 Å². The summed E-state index contributed by atoms with van der Waals surface area (Å²) in [5, 5.41) is 0. The van der Waals surface area contributed by atoms with Crippen molar-refractivity contribution >= 4 is 5.91 Å². The van der Waals surface area contributed by atoms with Gasteiger partial charge in [-0.05, 0) is 36.0 Å². The van der Waals surface area contributed by atoms with Crippen molar-refractivity contribution in [2.45, 2.75) is 50.1 Å². The predicted octanol–water partition coefficient (Wildman–Crippen LogP) is 5.58. The quantitative estimate of drug-likeness (QED) is 0.689. The molecule has 1 saturated carbocycles. The normalized spacial score (nSPS) is 31.0. The molecule has 2 nitrogen and oxygen atoms in total. The molecule has 3 aliphatic rings. The van der Waals surface area contributed by atoms with E-state index in [1.165, 1.54) is 16.7 Å². The number of amides is 1. The smallest absolute Gasteiger partial charge is 0.226 e. The van der Waals surface area contributed by atoms with Crippen LogP contribution in [0, 0.1) is 5.92 Å². The Balaban J connectivity index is 1.36. The monoisotopic (exact) mass is 369 g/mol. The van der Waals surface area contributed by atoms with Gasteiger partial charge in [-0.1, -0.05) is 85.8 Å². The van der Waals surface area contributed by atoms with Gasteiger partial charge in [-0.3, -0.25) is 4.79 Å². The van der Waals surface area contributed by atoms with Crippen molar-refractivity contribution in [3.8, 4) is 0 Å². The van der Waals surface area contributed by atoms with Crippen LogP contribution in [0.5, 0.6) is 0 Å². The Morgan fingerprint density at radius 2 is 1.71 bits per heavy atom. The molecule has 2 fully saturated rings. The molecule has 142 valence electrons. The first kappa shape index (κ1) is 17.5. The SMILES string of the molecule is C[C@@H]1CC2(CC2c2ccc(C3C=CC=CC3)cc2)N(Cc2ccccc2)C1=O. The van der Waals surface area contributed by atoms with Gasteiger partial charge in [-0.2, -0.15) is 0 Å². The molecule has 2 aliphatic carbocycles. The fraction of sp³-hybridized carbons (Fsp3) is 0.346. The Bertz CT molecular complexity index is 927. The van der Waals surface area contributed by atoms with Gasteiger partial charge in [0.2, 0.25) is 5.91 Å². The molecule has 0 radical (unpaired) electrons. The summed E-state index contributed by atoms with van der Waals surface area (Å²) in [7, 11) is 0. The molecule has 1 heterocycles. The van der Waals surface area contributed by atoms with E-state index in [0.717, 1.165) is 25.8 Å². The van der Waals surface area contributed by atoms with E-state index >= 15 is 0 Å². The number of benzene rings is 2. The van der Waals surface area contributed by atoms with Crippen molar-refractivity contribution in [1.82, 2.24) is 4.90 Å². The number of carbonyl (C=O) groups is 1. The van der Waals surface area contributed by atoms with Crippen LogP contribution < -0.4 is 0 Å². The Morgan fingerprint density at radius 1 is 0.964 bits per heavy atom. The van der Waals surface area contributed by atoms with Crippen LogP contribution >= 0.6 is 0 Å². The lowest BCUT2D eigenvalue weighted by atomic mass is 9.91. The Kier molecular flexibility index (Phi) is 4.23. The number of hydrogen-bond acceptors (Lipinski definition) is 1. The number of nitrogens with zero attached hydrogens (tertiary/aromatic N) is 1. The number of hydrogen-bond donors (Lipinski definition) is 0. The van der Waals surface area contributed by atoms with Crippen molar-refractivity contribution in [3.63, 3.8) is 0 Å². The minimum absolute atomic E-state index is 0.0291. The lowest BCUT2D eigenvalue weighted by Gasteiger charge is -2.26. The fourth-order valence-corrected chi connectivity index (χ4v) is 5.26. The standard InChI is InChI=1S/C26H27NO/c1-19-16-26(27(25(19)28)18-20-8-4-2-5-9-20)17-24(26)23-14-12-22(13-15-23)21-10-6-3-7-11-21/h2-10,12-15,19,21,24H,11,16-18H2,1H3/t19-,21?,24?,26?/m1/s1. The zero-order valence-electron chi connectivity index (χ0n) is 16.4. The minimum atomic E-state index is 0.0291. The van der Waals surface area contributed by atoms with Gasteiger partial charge in [0.25, 0.3) is 0 Å². The molecule has 5 rings (SSSR count). The van der Waals surface area contributed by atoms with E-state index in [1.807, 2.05) is 6.07 Å². The highest BCUT2D eigenvalue weighted by atomic mass is 16.2. The number of likely N-dealkylation sites (tertiary alicyclic amines) is 1. The molecule has 1 amide bonds. The Morgan fingerprint density at radius 3 is 2.43 bits per heavy atom. The summed E-state index contributed by atoms with van der Waals surface area (Å²) in [6.45, 7) is 2.83. The minimum Gasteiger partial charge on any atom is -0.332 e. The van der Waals surface area contributed by atoms with Gasteiger partial charge in [0, 0.05) is 24.3 Å². The van der Waals surface area contributed by atoms with E-state index in [9.17, 15) is 4.79 Å². The van der Waals surface area contributed by atoms with Gasteiger partial charge < -0.3 is 4.90 Å². The molecule has 4 atom stereocenters. The molecule has 2 aromatic rings. The summed E-state index contributed by atoms with van der Waals surface area (Å²) in [5.74, 6) is 1.42. The van der Waals surface area contributed by atoms with Crippen molar-refractivity contribution in [1.29, 1.82) is 0 Å². The number of rotatable bonds is 4. The summed E-state index contributed by atoms with van der Waals surface area (Å²) in [4.78, 5) is 15.1. The van der Waals surface area contributed by atoms with E-state index in [-0.39, 0.29) is 11.5 Å². The lowest BCUT2D eigenvalue weighted by Crippen LogP contribution is -2.35. The molecular weight excluding hydrogens is 342 g/mol. The van der Waals surface area contributed by atoms with Crippen molar-refractivity contribution in [2.24, 2.45) is 5.92 Å². The van der Waals surface area contributed by atoms with Crippen LogP contribution in [-0.2, 0) is 11.3 Å². The van der Waals surface area contributed by atoms with E-state index in [2.05, 4.69) is 84.7 Å². The summed E-state index contributed by atoms with van der Waals surface area (Å²) in [6.07, 6.45) is 12.0. The fourth-order valence-electron chi connectivity index (χ4n) is 5.26. The molecule has 0 N–H and O–H groups in total. The highest BCUT2D eigenvalue weighted by Gasteiger charge is 2.64. The first-order valence-electron chi connectivity index (χ1n) is 10.5. The second-order valence-corrected chi connectivity index (χ2v) is 8.70. The Labute approximate surface area is 167 Å².